The molecule has 1 spiro atoms. The van der Waals surface area contributed by atoms with Crippen molar-refractivity contribution in [2.45, 2.75) is 17.7 Å². The fraction of sp³-hybridized carbons (Fsp3) is 0.588. The molecule has 2 fully saturated rings. The van der Waals surface area contributed by atoms with E-state index in [0.29, 0.717) is 5.41 Å². The van der Waals surface area contributed by atoms with Crippen LogP contribution in [0.25, 0.3) is 0 Å². The minimum atomic E-state index is -0.188. The van der Waals surface area contributed by atoms with E-state index in [-0.39, 0.29) is 29.8 Å². The second kappa shape index (κ2) is 9.24. The molecule has 1 atom stereocenters. The third-order valence-corrected chi connectivity index (χ3v) is 5.62. The van der Waals surface area contributed by atoms with Crippen molar-refractivity contribution in [3.05, 3.63) is 30.1 Å². The van der Waals surface area contributed by atoms with E-state index in [1.165, 1.54) is 25.0 Å². The predicted molar refractivity (Wildman–Crippen MR) is 108 cm³/mol. The van der Waals surface area contributed by atoms with Gasteiger partial charge in [-0.15, -0.1) is 35.7 Å². The average Bonchev–Trinajstić information content (AvgIpc) is 3.20. The van der Waals surface area contributed by atoms with E-state index >= 15 is 0 Å². The standard InChI is InChI=1S/C17H24FN3OS.HI/c1-19-16(21-9-6-17(12-21)7-10-22-13-17)20-8-11-23-15-4-2-14(18)3-5-15;/h2-5H,6-13H2,1H3,(H,19,20);1H. The Kier molecular flexibility index (Phi) is 7.61. The summed E-state index contributed by atoms with van der Waals surface area (Å²) in [5.41, 5.74) is 0.348. The van der Waals surface area contributed by atoms with E-state index < -0.39 is 0 Å². The molecule has 1 N–H and O–H groups in total. The van der Waals surface area contributed by atoms with Crippen LogP contribution in [0, 0.1) is 11.2 Å². The van der Waals surface area contributed by atoms with Gasteiger partial charge in [0.15, 0.2) is 5.96 Å². The zero-order valence-corrected chi connectivity index (χ0v) is 17.1. The highest BCUT2D eigenvalue weighted by Crippen LogP contribution is 2.38. The molecular weight excluding hydrogens is 440 g/mol. The number of ether oxygens (including phenoxy) is 1. The van der Waals surface area contributed by atoms with Gasteiger partial charge >= 0.3 is 0 Å². The number of nitrogens with zero attached hydrogens (tertiary/aromatic N) is 2. The smallest absolute Gasteiger partial charge is 0.193 e. The Bertz CT molecular complexity index is 549. The van der Waals surface area contributed by atoms with Gasteiger partial charge < -0.3 is 15.0 Å². The topological polar surface area (TPSA) is 36.9 Å². The Hall–Kier alpha value is -0.540. The summed E-state index contributed by atoms with van der Waals surface area (Å²) in [7, 11) is 1.84. The minimum absolute atomic E-state index is 0. The van der Waals surface area contributed by atoms with Gasteiger partial charge in [-0.25, -0.2) is 4.39 Å². The number of hydrogen-bond acceptors (Lipinski definition) is 3. The molecule has 4 nitrogen and oxygen atoms in total. The number of thioether (sulfide) groups is 1. The molecule has 2 aliphatic heterocycles. The summed E-state index contributed by atoms with van der Waals surface area (Å²) in [6.07, 6.45) is 2.36. The van der Waals surface area contributed by atoms with Gasteiger partial charge in [0.1, 0.15) is 5.82 Å². The van der Waals surface area contributed by atoms with E-state index in [2.05, 4.69) is 15.2 Å². The van der Waals surface area contributed by atoms with Crippen molar-refractivity contribution >= 4 is 41.7 Å². The minimum Gasteiger partial charge on any atom is -0.381 e. The first-order valence-corrected chi connectivity index (χ1v) is 9.11. The summed E-state index contributed by atoms with van der Waals surface area (Å²) in [5, 5.41) is 3.44. The summed E-state index contributed by atoms with van der Waals surface area (Å²) in [4.78, 5) is 7.85. The first-order valence-electron chi connectivity index (χ1n) is 8.13. The summed E-state index contributed by atoms with van der Waals surface area (Å²) < 4.78 is 18.5. The molecule has 0 amide bonds. The van der Waals surface area contributed by atoms with Gasteiger partial charge in [-0.3, -0.25) is 4.99 Å². The lowest BCUT2D eigenvalue weighted by Crippen LogP contribution is -2.42. The van der Waals surface area contributed by atoms with Crippen molar-refractivity contribution in [1.82, 2.24) is 10.2 Å². The van der Waals surface area contributed by atoms with Crippen LogP contribution in [0.5, 0.6) is 0 Å². The molecule has 0 aromatic heterocycles. The normalized spacial score (nSPS) is 23.6. The number of aliphatic imine (C=N–C) groups is 1. The van der Waals surface area contributed by atoms with Crippen LogP contribution in [0.4, 0.5) is 4.39 Å². The highest BCUT2D eigenvalue weighted by atomic mass is 127. The zero-order valence-electron chi connectivity index (χ0n) is 14.0. The van der Waals surface area contributed by atoms with Crippen molar-refractivity contribution < 1.29 is 9.13 Å². The number of nitrogens with one attached hydrogen (secondary N) is 1. The van der Waals surface area contributed by atoms with Gasteiger partial charge in [0, 0.05) is 49.4 Å². The highest BCUT2D eigenvalue weighted by Gasteiger charge is 2.42. The van der Waals surface area contributed by atoms with Crippen molar-refractivity contribution in [3.63, 3.8) is 0 Å². The van der Waals surface area contributed by atoms with Crippen LogP contribution < -0.4 is 5.32 Å². The number of halogens is 2. The Morgan fingerprint density at radius 1 is 1.38 bits per heavy atom. The fourth-order valence-electron chi connectivity index (χ4n) is 3.28. The molecule has 24 heavy (non-hydrogen) atoms. The summed E-state index contributed by atoms with van der Waals surface area (Å²) in [5.74, 6) is 1.72. The first-order chi connectivity index (χ1) is 11.2. The highest BCUT2D eigenvalue weighted by molar-refractivity contribution is 14.0. The second-order valence-corrected chi connectivity index (χ2v) is 7.42. The number of hydrogen-bond donors (Lipinski definition) is 1. The Labute approximate surface area is 164 Å². The molecule has 1 aromatic rings. The molecule has 3 rings (SSSR count). The van der Waals surface area contributed by atoms with Gasteiger partial charge in [0.05, 0.1) is 6.61 Å². The van der Waals surface area contributed by atoms with Crippen molar-refractivity contribution in [3.8, 4) is 0 Å². The van der Waals surface area contributed by atoms with Crippen molar-refractivity contribution in [1.29, 1.82) is 0 Å². The monoisotopic (exact) mass is 465 g/mol. The SMILES string of the molecule is CN=C(NCCSc1ccc(F)cc1)N1CCC2(CCOC2)C1.I. The maximum Gasteiger partial charge on any atom is 0.193 e. The lowest BCUT2D eigenvalue weighted by Gasteiger charge is -2.24. The molecule has 2 aliphatic rings. The number of guanidine groups is 1. The maximum atomic E-state index is 12.9. The van der Waals surface area contributed by atoms with Crippen LogP contribution in [0.15, 0.2) is 34.2 Å². The van der Waals surface area contributed by atoms with E-state index in [0.717, 1.165) is 49.5 Å². The van der Waals surface area contributed by atoms with E-state index in [9.17, 15) is 4.39 Å². The molecule has 2 saturated heterocycles. The molecule has 1 unspecified atom stereocenters. The maximum absolute atomic E-state index is 12.9. The molecule has 134 valence electrons. The lowest BCUT2D eigenvalue weighted by atomic mass is 9.87. The number of benzene rings is 1. The van der Waals surface area contributed by atoms with Gasteiger partial charge in [-0.2, -0.15) is 0 Å². The number of rotatable bonds is 4. The van der Waals surface area contributed by atoms with Crippen LogP contribution in [-0.4, -0.2) is 56.5 Å². The predicted octanol–water partition coefficient (Wildman–Crippen LogP) is 3.22. The van der Waals surface area contributed by atoms with Gasteiger partial charge in [0.25, 0.3) is 0 Å². The van der Waals surface area contributed by atoms with E-state index in [1.54, 1.807) is 11.8 Å². The second-order valence-electron chi connectivity index (χ2n) is 6.25. The van der Waals surface area contributed by atoms with Gasteiger partial charge in [-0.05, 0) is 37.1 Å². The third kappa shape index (κ3) is 4.98. The van der Waals surface area contributed by atoms with Crippen LogP contribution in [-0.2, 0) is 4.74 Å². The van der Waals surface area contributed by atoms with Crippen molar-refractivity contribution in [2.24, 2.45) is 10.4 Å². The molecule has 0 bridgehead atoms. The summed E-state index contributed by atoms with van der Waals surface area (Å²) >= 11 is 1.72. The van der Waals surface area contributed by atoms with Crippen LogP contribution in [0.2, 0.25) is 0 Å². The molecular formula is C17H25FIN3OS. The molecule has 7 heteroatoms. The Morgan fingerprint density at radius 2 is 2.17 bits per heavy atom. The third-order valence-electron chi connectivity index (χ3n) is 4.60. The van der Waals surface area contributed by atoms with Crippen LogP contribution in [0.1, 0.15) is 12.8 Å². The largest absolute Gasteiger partial charge is 0.381 e. The Morgan fingerprint density at radius 3 is 2.83 bits per heavy atom. The van der Waals surface area contributed by atoms with Gasteiger partial charge in [0.2, 0.25) is 0 Å². The van der Waals surface area contributed by atoms with Crippen LogP contribution in [0.3, 0.4) is 0 Å². The average molecular weight is 465 g/mol. The summed E-state index contributed by atoms with van der Waals surface area (Å²) in [6.45, 7) is 4.72. The number of likely N-dealkylation sites (tertiary alicyclic amines) is 1. The quantitative estimate of drug-likeness (QED) is 0.244. The fourth-order valence-corrected chi connectivity index (χ4v) is 4.05. The summed E-state index contributed by atoms with van der Waals surface area (Å²) in [6, 6.07) is 6.64. The van der Waals surface area contributed by atoms with Crippen molar-refractivity contribution in [2.75, 3.05) is 45.6 Å². The molecule has 0 saturated carbocycles. The van der Waals surface area contributed by atoms with E-state index in [1.807, 2.05) is 19.2 Å². The lowest BCUT2D eigenvalue weighted by molar-refractivity contribution is 0.156. The zero-order chi connectivity index (χ0) is 16.1. The molecule has 0 aliphatic carbocycles. The van der Waals surface area contributed by atoms with Gasteiger partial charge in [-0.1, -0.05) is 0 Å². The van der Waals surface area contributed by atoms with E-state index in [4.69, 9.17) is 4.74 Å². The molecule has 0 radical (unpaired) electrons. The molecule has 1 aromatic carbocycles. The van der Waals surface area contributed by atoms with Crippen LogP contribution >= 0.6 is 35.7 Å². The first kappa shape index (κ1) is 19.8. The molecule has 2 heterocycles. The Balaban J connectivity index is 0.00000208.